The number of likely N-dealkylation sites (tertiary alicyclic amines) is 1. The van der Waals surface area contributed by atoms with E-state index in [0.29, 0.717) is 42.7 Å². The van der Waals surface area contributed by atoms with Crippen LogP contribution in [0.1, 0.15) is 28.8 Å². The van der Waals surface area contributed by atoms with Gasteiger partial charge in [0.15, 0.2) is 5.75 Å². The summed E-state index contributed by atoms with van der Waals surface area (Å²) in [6.45, 7) is 5.94. The van der Waals surface area contributed by atoms with E-state index in [9.17, 15) is 9.59 Å². The molecule has 1 aromatic carbocycles. The van der Waals surface area contributed by atoms with Gasteiger partial charge in [0.1, 0.15) is 12.4 Å². The van der Waals surface area contributed by atoms with E-state index < -0.39 is 6.09 Å². The number of nitrogens with zero attached hydrogens (tertiary/aromatic N) is 5. The zero-order chi connectivity index (χ0) is 26.2. The Morgan fingerprint density at radius 2 is 1.82 bits per heavy atom. The maximum atomic E-state index is 12.6. The predicted molar refractivity (Wildman–Crippen MR) is 139 cm³/mol. The van der Waals surface area contributed by atoms with Crippen molar-refractivity contribution in [2.75, 3.05) is 51.3 Å². The summed E-state index contributed by atoms with van der Waals surface area (Å²) in [5.41, 5.74) is 1.70. The molecule has 2 aliphatic rings. The van der Waals surface area contributed by atoms with Gasteiger partial charge in [-0.25, -0.2) is 9.78 Å². The third-order valence-corrected chi connectivity index (χ3v) is 6.70. The van der Waals surface area contributed by atoms with Crippen LogP contribution in [-0.4, -0.2) is 82.7 Å². The Balaban J connectivity index is 1.05. The summed E-state index contributed by atoms with van der Waals surface area (Å²) in [6, 6.07) is 12.6. The molecule has 0 saturated carbocycles. The zero-order valence-electron chi connectivity index (χ0n) is 21.2. The van der Waals surface area contributed by atoms with Crippen molar-refractivity contribution in [2.24, 2.45) is 5.92 Å². The molecule has 2 fully saturated rings. The van der Waals surface area contributed by atoms with Crippen LogP contribution >= 0.6 is 0 Å². The van der Waals surface area contributed by atoms with Gasteiger partial charge in [0.2, 0.25) is 0 Å². The standard InChI is InChI=1S/C27H32N6O5/c34-26(23-4-2-21(3-5-23)19-31-14-16-36-17-15-31)30-25-7-6-24(18-28-25)38-27(35)32-12-8-22(9-13-32)20-37-33-11-1-10-29-33/h1-7,10-11,18,22H,8-9,12-17,19-20H2,(H,28,30,34). The number of anilines is 1. The number of piperidine rings is 1. The molecule has 38 heavy (non-hydrogen) atoms. The molecule has 5 rings (SSSR count). The number of aromatic nitrogens is 3. The van der Waals surface area contributed by atoms with Gasteiger partial charge >= 0.3 is 6.09 Å². The molecule has 200 valence electrons. The van der Waals surface area contributed by atoms with E-state index in [1.807, 2.05) is 24.3 Å². The first-order chi connectivity index (χ1) is 18.6. The van der Waals surface area contributed by atoms with Crippen molar-refractivity contribution < 1.29 is 23.9 Å². The maximum Gasteiger partial charge on any atom is 0.415 e. The number of carbonyl (C=O) groups is 2. The van der Waals surface area contributed by atoms with Crippen LogP contribution in [0.15, 0.2) is 61.1 Å². The van der Waals surface area contributed by atoms with E-state index >= 15 is 0 Å². The number of morpholine rings is 1. The number of nitrogens with one attached hydrogen (secondary N) is 1. The normalized spacial score (nSPS) is 16.7. The average Bonchev–Trinajstić information content (AvgIpc) is 3.48. The van der Waals surface area contributed by atoms with Crippen molar-refractivity contribution in [1.29, 1.82) is 0 Å². The second-order valence-corrected chi connectivity index (χ2v) is 9.42. The van der Waals surface area contributed by atoms with E-state index in [0.717, 1.165) is 51.3 Å². The van der Waals surface area contributed by atoms with Crippen molar-refractivity contribution >= 4 is 17.8 Å². The molecular formula is C27H32N6O5. The van der Waals surface area contributed by atoms with Gasteiger partial charge in [0.25, 0.3) is 5.91 Å². The minimum Gasteiger partial charge on any atom is -0.409 e. The van der Waals surface area contributed by atoms with Gasteiger partial charge in [-0.15, -0.1) is 9.94 Å². The lowest BCUT2D eigenvalue weighted by Gasteiger charge is -2.30. The largest absolute Gasteiger partial charge is 0.415 e. The van der Waals surface area contributed by atoms with E-state index in [4.69, 9.17) is 14.3 Å². The smallest absolute Gasteiger partial charge is 0.409 e. The van der Waals surface area contributed by atoms with E-state index in [-0.39, 0.29) is 5.91 Å². The van der Waals surface area contributed by atoms with Crippen LogP contribution in [0, 0.1) is 5.92 Å². The van der Waals surface area contributed by atoms with Crippen LogP contribution in [0.2, 0.25) is 0 Å². The lowest BCUT2D eigenvalue weighted by atomic mass is 9.98. The summed E-state index contributed by atoms with van der Waals surface area (Å²) in [4.78, 5) is 40.5. The van der Waals surface area contributed by atoms with Gasteiger partial charge < -0.3 is 24.5 Å². The van der Waals surface area contributed by atoms with Gasteiger partial charge in [-0.05, 0) is 54.7 Å². The molecule has 11 heteroatoms. The number of carbonyl (C=O) groups excluding carboxylic acids is 2. The van der Waals surface area contributed by atoms with Crippen LogP contribution in [-0.2, 0) is 11.3 Å². The number of rotatable bonds is 8. The summed E-state index contributed by atoms with van der Waals surface area (Å²) in [5.74, 6) is 0.808. The molecule has 3 aromatic rings. The van der Waals surface area contributed by atoms with Gasteiger partial charge in [-0.2, -0.15) is 0 Å². The van der Waals surface area contributed by atoms with E-state index in [2.05, 4.69) is 20.3 Å². The Bertz CT molecular complexity index is 1170. The molecule has 0 unspecified atom stereocenters. The van der Waals surface area contributed by atoms with E-state index in [1.54, 1.807) is 35.5 Å². The molecular weight excluding hydrogens is 488 g/mol. The van der Waals surface area contributed by atoms with Crippen molar-refractivity contribution in [2.45, 2.75) is 19.4 Å². The summed E-state index contributed by atoms with van der Waals surface area (Å²) < 4.78 is 10.9. The van der Waals surface area contributed by atoms with Crippen LogP contribution in [0.4, 0.5) is 10.6 Å². The number of pyridine rings is 1. The number of hydrogen-bond donors (Lipinski definition) is 1. The highest BCUT2D eigenvalue weighted by molar-refractivity contribution is 6.03. The SMILES string of the molecule is O=C(Nc1ccc(OC(=O)N2CCC(COn3cccn3)CC2)cn1)c1ccc(CN2CCOCC2)cc1. The van der Waals surface area contributed by atoms with E-state index in [1.165, 1.54) is 11.0 Å². The highest BCUT2D eigenvalue weighted by Crippen LogP contribution is 2.20. The Morgan fingerprint density at radius 3 is 2.50 bits per heavy atom. The molecule has 2 saturated heterocycles. The monoisotopic (exact) mass is 520 g/mol. The fourth-order valence-corrected chi connectivity index (χ4v) is 4.44. The first-order valence-corrected chi connectivity index (χ1v) is 12.9. The van der Waals surface area contributed by atoms with Crippen molar-refractivity contribution in [3.05, 3.63) is 72.2 Å². The molecule has 0 radical (unpaired) electrons. The van der Waals surface area contributed by atoms with Gasteiger partial charge in [-0.3, -0.25) is 9.69 Å². The number of hydrogen-bond acceptors (Lipinski definition) is 8. The molecule has 0 aliphatic carbocycles. The number of amides is 2. The quantitative estimate of drug-likeness (QED) is 0.483. The highest BCUT2D eigenvalue weighted by atomic mass is 16.7. The molecule has 0 atom stereocenters. The Labute approximate surface area is 221 Å². The highest BCUT2D eigenvalue weighted by Gasteiger charge is 2.25. The lowest BCUT2D eigenvalue weighted by molar-refractivity contribution is 0.0342. The summed E-state index contributed by atoms with van der Waals surface area (Å²) in [6.07, 6.45) is 6.10. The summed E-state index contributed by atoms with van der Waals surface area (Å²) in [5, 5.41) is 6.81. The van der Waals surface area contributed by atoms with Crippen LogP contribution in [0.3, 0.4) is 0 Å². The fourth-order valence-electron chi connectivity index (χ4n) is 4.44. The third kappa shape index (κ3) is 7.08. The van der Waals surface area contributed by atoms with Gasteiger partial charge in [-0.1, -0.05) is 12.1 Å². The molecule has 4 heterocycles. The molecule has 11 nitrogen and oxygen atoms in total. The molecule has 2 aliphatic heterocycles. The van der Waals surface area contributed by atoms with Crippen molar-refractivity contribution in [1.82, 2.24) is 24.7 Å². The molecule has 1 N–H and O–H groups in total. The predicted octanol–water partition coefficient (Wildman–Crippen LogP) is 2.70. The van der Waals surface area contributed by atoms with Crippen LogP contribution < -0.4 is 14.9 Å². The second-order valence-electron chi connectivity index (χ2n) is 9.42. The topological polar surface area (TPSA) is 111 Å². The molecule has 0 spiro atoms. The molecule has 2 aromatic heterocycles. The number of ether oxygens (including phenoxy) is 2. The van der Waals surface area contributed by atoms with Crippen molar-refractivity contribution in [3.63, 3.8) is 0 Å². The Kier molecular flexibility index (Phi) is 8.46. The first kappa shape index (κ1) is 25.7. The summed E-state index contributed by atoms with van der Waals surface area (Å²) in [7, 11) is 0. The maximum absolute atomic E-state index is 12.6. The Hall–Kier alpha value is -3.96. The minimum absolute atomic E-state index is 0.250. The zero-order valence-corrected chi connectivity index (χ0v) is 21.2. The lowest BCUT2D eigenvalue weighted by Crippen LogP contribution is -2.41. The fraction of sp³-hybridized carbons (Fsp3) is 0.407. The Morgan fingerprint density at radius 1 is 1.03 bits per heavy atom. The average molecular weight is 521 g/mol. The van der Waals surface area contributed by atoms with Crippen LogP contribution in [0.25, 0.3) is 0 Å². The molecule has 2 amide bonds. The van der Waals surface area contributed by atoms with Crippen molar-refractivity contribution in [3.8, 4) is 5.75 Å². The third-order valence-electron chi connectivity index (χ3n) is 6.70. The minimum atomic E-state index is -0.410. The molecule has 0 bridgehead atoms. The van der Waals surface area contributed by atoms with Gasteiger partial charge in [0.05, 0.1) is 31.8 Å². The van der Waals surface area contributed by atoms with Crippen LogP contribution in [0.5, 0.6) is 5.75 Å². The summed E-state index contributed by atoms with van der Waals surface area (Å²) >= 11 is 0. The first-order valence-electron chi connectivity index (χ1n) is 12.9. The van der Waals surface area contributed by atoms with Gasteiger partial charge in [0, 0.05) is 38.3 Å². The second kappa shape index (κ2) is 12.5. The number of benzene rings is 1.